The second-order valence-electron chi connectivity index (χ2n) is 5.72. The molecule has 1 atom stereocenters. The molecule has 2 aliphatic heterocycles. The fourth-order valence-electron chi connectivity index (χ4n) is 3.04. The topological polar surface area (TPSA) is 9.72 Å². The number of likely N-dealkylation sites (N-methyl/N-ethyl adjacent to an activating group) is 1. The predicted octanol–water partition coefficient (Wildman–Crippen LogP) is 0.964. The van der Waals surface area contributed by atoms with Gasteiger partial charge in [-0.25, -0.2) is 0 Å². The van der Waals surface area contributed by atoms with E-state index in [2.05, 4.69) is 35.7 Å². The molecule has 0 aromatic rings. The first kappa shape index (κ1) is 12.3. The molecule has 3 heteroatoms. The third kappa shape index (κ3) is 2.96. The van der Waals surface area contributed by atoms with Gasteiger partial charge in [0, 0.05) is 32.2 Å². The standard InChI is InChI=1S/C13H27N3/c1-12(13-4-6-14(2)7-5-13)16-10-8-15(3)9-11-16/h12-13H,4-11H2,1-3H3. The molecular weight excluding hydrogens is 198 g/mol. The van der Waals surface area contributed by atoms with Crippen LogP contribution in [0.25, 0.3) is 0 Å². The lowest BCUT2D eigenvalue weighted by atomic mass is 9.89. The van der Waals surface area contributed by atoms with E-state index in [0.717, 1.165) is 12.0 Å². The van der Waals surface area contributed by atoms with Crippen molar-refractivity contribution < 1.29 is 0 Å². The molecule has 0 spiro atoms. The summed E-state index contributed by atoms with van der Waals surface area (Å²) in [5.41, 5.74) is 0. The minimum absolute atomic E-state index is 0.794. The summed E-state index contributed by atoms with van der Waals surface area (Å²) < 4.78 is 0. The van der Waals surface area contributed by atoms with Crippen LogP contribution in [-0.4, -0.2) is 74.1 Å². The van der Waals surface area contributed by atoms with E-state index in [1.807, 2.05) is 0 Å². The van der Waals surface area contributed by atoms with Crippen molar-refractivity contribution in [3.8, 4) is 0 Å². The Kier molecular flexibility index (Phi) is 4.22. The van der Waals surface area contributed by atoms with E-state index in [-0.39, 0.29) is 0 Å². The summed E-state index contributed by atoms with van der Waals surface area (Å²) >= 11 is 0. The van der Waals surface area contributed by atoms with Crippen molar-refractivity contribution >= 4 is 0 Å². The minimum atomic E-state index is 0.794. The van der Waals surface area contributed by atoms with Crippen LogP contribution in [0.3, 0.4) is 0 Å². The highest BCUT2D eigenvalue weighted by molar-refractivity contribution is 4.83. The van der Waals surface area contributed by atoms with Crippen molar-refractivity contribution in [3.63, 3.8) is 0 Å². The summed E-state index contributed by atoms with van der Waals surface area (Å²) in [4.78, 5) is 7.61. The maximum Gasteiger partial charge on any atom is 0.0113 e. The third-order valence-electron chi connectivity index (χ3n) is 4.56. The largest absolute Gasteiger partial charge is 0.306 e. The van der Waals surface area contributed by atoms with Gasteiger partial charge in [-0.15, -0.1) is 0 Å². The Balaban J connectivity index is 1.80. The van der Waals surface area contributed by atoms with Crippen molar-refractivity contribution in [1.29, 1.82) is 0 Å². The van der Waals surface area contributed by atoms with Crippen LogP contribution in [-0.2, 0) is 0 Å². The molecule has 0 saturated carbocycles. The highest BCUT2D eigenvalue weighted by Gasteiger charge is 2.27. The number of piperazine rings is 1. The maximum absolute atomic E-state index is 2.70. The smallest absolute Gasteiger partial charge is 0.0113 e. The van der Waals surface area contributed by atoms with Crippen molar-refractivity contribution in [2.24, 2.45) is 5.92 Å². The molecule has 2 saturated heterocycles. The monoisotopic (exact) mass is 225 g/mol. The van der Waals surface area contributed by atoms with Gasteiger partial charge in [0.15, 0.2) is 0 Å². The van der Waals surface area contributed by atoms with Gasteiger partial charge in [-0.1, -0.05) is 0 Å². The molecule has 0 aromatic carbocycles. The number of piperidine rings is 1. The molecule has 0 amide bonds. The highest BCUT2D eigenvalue weighted by atomic mass is 15.3. The molecule has 0 bridgehead atoms. The fourth-order valence-corrected chi connectivity index (χ4v) is 3.04. The molecule has 2 heterocycles. The first-order chi connectivity index (χ1) is 7.66. The van der Waals surface area contributed by atoms with E-state index in [9.17, 15) is 0 Å². The quantitative estimate of drug-likeness (QED) is 0.693. The Labute approximate surface area is 100 Å². The van der Waals surface area contributed by atoms with Crippen LogP contribution in [0.15, 0.2) is 0 Å². The Morgan fingerprint density at radius 1 is 0.812 bits per heavy atom. The van der Waals surface area contributed by atoms with E-state index >= 15 is 0 Å². The van der Waals surface area contributed by atoms with Gasteiger partial charge in [0.1, 0.15) is 0 Å². The zero-order valence-corrected chi connectivity index (χ0v) is 11.2. The number of nitrogens with zero attached hydrogens (tertiary/aromatic N) is 3. The number of likely N-dealkylation sites (tertiary alicyclic amines) is 1. The second-order valence-corrected chi connectivity index (χ2v) is 5.72. The average molecular weight is 225 g/mol. The van der Waals surface area contributed by atoms with Crippen LogP contribution in [0, 0.1) is 5.92 Å². The van der Waals surface area contributed by atoms with Crippen molar-refractivity contribution in [3.05, 3.63) is 0 Å². The predicted molar refractivity (Wildman–Crippen MR) is 68.8 cm³/mol. The first-order valence-corrected chi connectivity index (χ1v) is 6.78. The lowest BCUT2D eigenvalue weighted by molar-refractivity contribution is 0.0659. The fraction of sp³-hybridized carbons (Fsp3) is 1.00. The molecule has 2 aliphatic rings. The van der Waals surface area contributed by atoms with Gasteiger partial charge < -0.3 is 9.80 Å². The maximum atomic E-state index is 2.70. The molecule has 0 radical (unpaired) electrons. The van der Waals surface area contributed by atoms with E-state index < -0.39 is 0 Å². The Hall–Kier alpha value is -0.120. The van der Waals surface area contributed by atoms with Gasteiger partial charge in [0.2, 0.25) is 0 Å². The average Bonchev–Trinajstić information content (AvgIpc) is 2.30. The van der Waals surface area contributed by atoms with Crippen LogP contribution in [0.5, 0.6) is 0 Å². The van der Waals surface area contributed by atoms with Crippen molar-refractivity contribution in [2.45, 2.75) is 25.8 Å². The zero-order chi connectivity index (χ0) is 11.5. The summed E-state index contributed by atoms with van der Waals surface area (Å²) in [5, 5.41) is 0. The molecule has 0 N–H and O–H groups in total. The van der Waals surface area contributed by atoms with Crippen LogP contribution >= 0.6 is 0 Å². The Morgan fingerprint density at radius 3 is 1.88 bits per heavy atom. The van der Waals surface area contributed by atoms with Crippen LogP contribution in [0.2, 0.25) is 0 Å². The van der Waals surface area contributed by atoms with Gasteiger partial charge in [0.05, 0.1) is 0 Å². The summed E-state index contributed by atoms with van der Waals surface area (Å²) in [6, 6.07) is 0.794. The second kappa shape index (κ2) is 5.48. The van der Waals surface area contributed by atoms with Gasteiger partial charge in [-0.05, 0) is 52.9 Å². The van der Waals surface area contributed by atoms with E-state index in [4.69, 9.17) is 0 Å². The Bertz CT molecular complexity index is 181. The summed E-state index contributed by atoms with van der Waals surface area (Å²) in [7, 11) is 4.48. The van der Waals surface area contributed by atoms with Crippen molar-refractivity contribution in [2.75, 3.05) is 53.4 Å². The van der Waals surface area contributed by atoms with Gasteiger partial charge in [-0.2, -0.15) is 0 Å². The molecule has 1 unspecified atom stereocenters. The molecule has 0 aromatic heterocycles. The molecule has 16 heavy (non-hydrogen) atoms. The van der Waals surface area contributed by atoms with Gasteiger partial charge >= 0.3 is 0 Å². The van der Waals surface area contributed by atoms with Crippen LogP contribution in [0.4, 0.5) is 0 Å². The molecule has 2 fully saturated rings. The van der Waals surface area contributed by atoms with Gasteiger partial charge in [-0.3, -0.25) is 4.90 Å². The minimum Gasteiger partial charge on any atom is -0.306 e. The van der Waals surface area contributed by atoms with E-state index in [0.29, 0.717) is 0 Å². The lowest BCUT2D eigenvalue weighted by Gasteiger charge is -2.42. The number of hydrogen-bond acceptors (Lipinski definition) is 3. The van der Waals surface area contributed by atoms with Crippen molar-refractivity contribution in [1.82, 2.24) is 14.7 Å². The third-order valence-corrected chi connectivity index (χ3v) is 4.56. The van der Waals surface area contributed by atoms with Gasteiger partial charge in [0.25, 0.3) is 0 Å². The number of hydrogen-bond donors (Lipinski definition) is 0. The van der Waals surface area contributed by atoms with E-state index in [1.165, 1.54) is 52.1 Å². The number of rotatable bonds is 2. The molecule has 0 aliphatic carbocycles. The summed E-state index contributed by atoms with van der Waals surface area (Å²) in [6.07, 6.45) is 2.79. The Morgan fingerprint density at radius 2 is 1.31 bits per heavy atom. The lowest BCUT2D eigenvalue weighted by Crippen LogP contribution is -2.51. The van der Waals surface area contributed by atoms with Crippen LogP contribution < -0.4 is 0 Å². The first-order valence-electron chi connectivity index (χ1n) is 6.78. The molecule has 2 rings (SSSR count). The summed E-state index contributed by atoms with van der Waals surface area (Å²) in [5.74, 6) is 0.930. The molecular formula is C13H27N3. The summed E-state index contributed by atoms with van der Waals surface area (Å²) in [6.45, 7) is 10.1. The highest BCUT2D eigenvalue weighted by Crippen LogP contribution is 2.23. The zero-order valence-electron chi connectivity index (χ0n) is 11.2. The normalized spacial score (nSPS) is 29.4. The SMILES string of the molecule is CC(C1CCN(C)CC1)N1CCN(C)CC1. The van der Waals surface area contributed by atoms with Crippen LogP contribution in [0.1, 0.15) is 19.8 Å². The van der Waals surface area contributed by atoms with E-state index in [1.54, 1.807) is 0 Å². The molecule has 94 valence electrons. The molecule has 3 nitrogen and oxygen atoms in total.